The standard InChI is InChI=1S/C16H17FN4O2/c17-12-10-13-11(3-4-15(22)19-13)9-14(12)20-16(23)18-5-8-21-6-1-2-7-21/h1-2,6-7,9-10H,3-5,8H2,(H,19,22)(H2,18,20,23). The zero-order valence-electron chi connectivity index (χ0n) is 12.4. The smallest absolute Gasteiger partial charge is 0.319 e. The predicted molar refractivity (Wildman–Crippen MR) is 84.8 cm³/mol. The Labute approximate surface area is 132 Å². The van der Waals surface area contributed by atoms with E-state index in [9.17, 15) is 14.0 Å². The fourth-order valence-electron chi connectivity index (χ4n) is 2.48. The van der Waals surface area contributed by atoms with Crippen LogP contribution in [0.25, 0.3) is 0 Å². The number of nitrogens with one attached hydrogen (secondary N) is 3. The largest absolute Gasteiger partial charge is 0.353 e. The second-order valence-corrected chi connectivity index (χ2v) is 5.34. The summed E-state index contributed by atoms with van der Waals surface area (Å²) in [7, 11) is 0. The molecule has 23 heavy (non-hydrogen) atoms. The molecule has 0 aliphatic carbocycles. The van der Waals surface area contributed by atoms with Crippen LogP contribution in [0.4, 0.5) is 20.6 Å². The summed E-state index contributed by atoms with van der Waals surface area (Å²) >= 11 is 0. The number of carbonyl (C=O) groups is 2. The van der Waals surface area contributed by atoms with E-state index in [1.54, 1.807) is 6.07 Å². The van der Waals surface area contributed by atoms with Crippen LogP contribution in [0, 0.1) is 5.82 Å². The number of hydrogen-bond donors (Lipinski definition) is 3. The van der Waals surface area contributed by atoms with E-state index >= 15 is 0 Å². The zero-order chi connectivity index (χ0) is 16.2. The summed E-state index contributed by atoms with van der Waals surface area (Å²) in [6.07, 6.45) is 4.70. The molecule has 0 atom stereocenters. The van der Waals surface area contributed by atoms with Crippen molar-refractivity contribution in [3.05, 3.63) is 48.0 Å². The second kappa shape index (κ2) is 6.51. The summed E-state index contributed by atoms with van der Waals surface area (Å²) in [5.41, 5.74) is 1.39. The number of aromatic nitrogens is 1. The molecule has 2 aromatic rings. The van der Waals surface area contributed by atoms with Crippen LogP contribution >= 0.6 is 0 Å². The van der Waals surface area contributed by atoms with Gasteiger partial charge in [0.05, 0.1) is 5.69 Å². The van der Waals surface area contributed by atoms with Crippen LogP contribution in [0.15, 0.2) is 36.7 Å². The van der Waals surface area contributed by atoms with Crippen LogP contribution in [0.3, 0.4) is 0 Å². The lowest BCUT2D eigenvalue weighted by Crippen LogP contribution is -2.31. The van der Waals surface area contributed by atoms with Gasteiger partial charge in [-0.1, -0.05) is 0 Å². The van der Waals surface area contributed by atoms with Gasteiger partial charge in [-0.3, -0.25) is 4.79 Å². The molecular formula is C16H17FN4O2. The first-order valence-electron chi connectivity index (χ1n) is 7.40. The van der Waals surface area contributed by atoms with Gasteiger partial charge in [-0.15, -0.1) is 0 Å². The number of hydrogen-bond acceptors (Lipinski definition) is 2. The average Bonchev–Trinajstić information content (AvgIpc) is 3.01. The Morgan fingerprint density at radius 3 is 2.83 bits per heavy atom. The lowest BCUT2D eigenvalue weighted by atomic mass is 10.0. The van der Waals surface area contributed by atoms with Gasteiger partial charge in [-0.05, 0) is 36.2 Å². The van der Waals surface area contributed by atoms with Crippen molar-refractivity contribution in [2.45, 2.75) is 19.4 Å². The van der Waals surface area contributed by atoms with Crippen LogP contribution in [-0.4, -0.2) is 23.1 Å². The van der Waals surface area contributed by atoms with Crippen molar-refractivity contribution < 1.29 is 14.0 Å². The van der Waals surface area contributed by atoms with Gasteiger partial charge in [0.15, 0.2) is 0 Å². The molecule has 7 heteroatoms. The molecule has 1 aromatic carbocycles. The number of benzene rings is 1. The number of halogens is 1. The average molecular weight is 316 g/mol. The van der Waals surface area contributed by atoms with Crippen molar-refractivity contribution in [2.75, 3.05) is 17.2 Å². The first-order chi connectivity index (χ1) is 11.1. The lowest BCUT2D eigenvalue weighted by molar-refractivity contribution is -0.116. The molecule has 0 bridgehead atoms. The van der Waals surface area contributed by atoms with Gasteiger partial charge in [0.1, 0.15) is 5.82 Å². The third kappa shape index (κ3) is 3.68. The zero-order valence-corrected chi connectivity index (χ0v) is 12.4. The number of carbonyl (C=O) groups excluding carboxylic acids is 2. The lowest BCUT2D eigenvalue weighted by Gasteiger charge is -2.18. The Bertz CT molecular complexity index is 728. The molecule has 3 N–H and O–H groups in total. The summed E-state index contributed by atoms with van der Waals surface area (Å²) in [4.78, 5) is 23.1. The van der Waals surface area contributed by atoms with E-state index in [1.165, 1.54) is 6.07 Å². The highest BCUT2D eigenvalue weighted by molar-refractivity contribution is 5.95. The number of fused-ring (bicyclic) bond motifs is 1. The Kier molecular flexibility index (Phi) is 4.27. The predicted octanol–water partition coefficient (Wildman–Crippen LogP) is 2.33. The molecule has 2 heterocycles. The van der Waals surface area contributed by atoms with Gasteiger partial charge in [-0.25, -0.2) is 9.18 Å². The molecule has 1 aliphatic rings. The maximum atomic E-state index is 14.0. The van der Waals surface area contributed by atoms with Crippen molar-refractivity contribution in [1.29, 1.82) is 0 Å². The Morgan fingerprint density at radius 1 is 1.26 bits per heavy atom. The number of amides is 3. The van der Waals surface area contributed by atoms with E-state index in [1.807, 2.05) is 29.1 Å². The number of rotatable bonds is 4. The van der Waals surface area contributed by atoms with E-state index in [-0.39, 0.29) is 11.6 Å². The van der Waals surface area contributed by atoms with Gasteiger partial charge in [-0.2, -0.15) is 0 Å². The van der Waals surface area contributed by atoms with Crippen LogP contribution in [0.2, 0.25) is 0 Å². The highest BCUT2D eigenvalue weighted by atomic mass is 19.1. The molecule has 120 valence electrons. The van der Waals surface area contributed by atoms with Crippen LogP contribution < -0.4 is 16.0 Å². The minimum atomic E-state index is -0.577. The van der Waals surface area contributed by atoms with E-state index in [2.05, 4.69) is 16.0 Å². The molecule has 6 nitrogen and oxygen atoms in total. The van der Waals surface area contributed by atoms with E-state index in [4.69, 9.17) is 0 Å². The fourth-order valence-corrected chi connectivity index (χ4v) is 2.48. The van der Waals surface area contributed by atoms with Crippen molar-refractivity contribution in [2.24, 2.45) is 0 Å². The van der Waals surface area contributed by atoms with Crippen molar-refractivity contribution >= 4 is 23.3 Å². The third-order valence-electron chi connectivity index (χ3n) is 3.66. The van der Waals surface area contributed by atoms with E-state index in [0.717, 1.165) is 5.56 Å². The second-order valence-electron chi connectivity index (χ2n) is 5.34. The first-order valence-corrected chi connectivity index (χ1v) is 7.40. The molecule has 3 amide bonds. The van der Waals surface area contributed by atoms with E-state index in [0.29, 0.717) is 31.6 Å². The van der Waals surface area contributed by atoms with Gasteiger partial charge >= 0.3 is 6.03 Å². The number of anilines is 2. The van der Waals surface area contributed by atoms with Crippen LogP contribution in [0.1, 0.15) is 12.0 Å². The highest BCUT2D eigenvalue weighted by Crippen LogP contribution is 2.28. The minimum absolute atomic E-state index is 0.110. The Balaban J connectivity index is 1.58. The Morgan fingerprint density at radius 2 is 2.04 bits per heavy atom. The van der Waals surface area contributed by atoms with Crippen LogP contribution in [0.5, 0.6) is 0 Å². The van der Waals surface area contributed by atoms with Gasteiger partial charge in [0.2, 0.25) is 5.91 Å². The topological polar surface area (TPSA) is 75.2 Å². The number of aryl methyl sites for hydroxylation is 1. The summed E-state index contributed by atoms with van der Waals surface area (Å²) in [6, 6.07) is 6.15. The molecule has 0 radical (unpaired) electrons. The first kappa shape index (κ1) is 15.1. The summed E-state index contributed by atoms with van der Waals surface area (Å²) in [5, 5.41) is 7.80. The molecule has 1 aromatic heterocycles. The van der Waals surface area contributed by atoms with Crippen molar-refractivity contribution in [3.63, 3.8) is 0 Å². The summed E-state index contributed by atoms with van der Waals surface area (Å²) in [6.45, 7) is 1.07. The molecular weight excluding hydrogens is 299 g/mol. The molecule has 0 saturated carbocycles. The quantitative estimate of drug-likeness (QED) is 0.810. The molecule has 0 fully saturated rings. The maximum Gasteiger partial charge on any atom is 0.319 e. The molecule has 3 rings (SSSR count). The van der Waals surface area contributed by atoms with Crippen molar-refractivity contribution in [3.8, 4) is 0 Å². The SMILES string of the molecule is O=C1CCc2cc(NC(=O)NCCn3cccc3)c(F)cc2N1. The van der Waals surface area contributed by atoms with Crippen LogP contribution in [-0.2, 0) is 17.8 Å². The van der Waals surface area contributed by atoms with E-state index < -0.39 is 11.8 Å². The number of nitrogens with zero attached hydrogens (tertiary/aromatic N) is 1. The van der Waals surface area contributed by atoms with Crippen molar-refractivity contribution in [1.82, 2.24) is 9.88 Å². The highest BCUT2D eigenvalue weighted by Gasteiger charge is 2.18. The fraction of sp³-hybridized carbons (Fsp3) is 0.250. The Hall–Kier alpha value is -2.83. The monoisotopic (exact) mass is 316 g/mol. The number of urea groups is 1. The normalized spacial score (nSPS) is 13.2. The third-order valence-corrected chi connectivity index (χ3v) is 3.66. The molecule has 0 spiro atoms. The maximum absolute atomic E-state index is 14.0. The molecule has 1 aliphatic heterocycles. The summed E-state index contributed by atoms with van der Waals surface area (Å²) < 4.78 is 15.9. The molecule has 0 unspecified atom stereocenters. The summed E-state index contributed by atoms with van der Waals surface area (Å²) in [5.74, 6) is -0.702. The minimum Gasteiger partial charge on any atom is -0.353 e. The van der Waals surface area contributed by atoms with Gasteiger partial charge in [0, 0.05) is 37.6 Å². The molecule has 0 saturated heterocycles. The van der Waals surface area contributed by atoms with Gasteiger partial charge < -0.3 is 20.5 Å². The van der Waals surface area contributed by atoms with Gasteiger partial charge in [0.25, 0.3) is 0 Å².